The van der Waals surface area contributed by atoms with Crippen molar-refractivity contribution in [3.05, 3.63) is 67.7 Å². The highest BCUT2D eigenvalue weighted by molar-refractivity contribution is 7.99. The number of carbonyl (C=O) groups is 1. The van der Waals surface area contributed by atoms with E-state index in [-0.39, 0.29) is 35.9 Å². The van der Waals surface area contributed by atoms with Gasteiger partial charge in [-0.2, -0.15) is 17.0 Å². The third-order valence-corrected chi connectivity index (χ3v) is 6.27. The number of nitrogens with zero attached hydrogens (tertiary/aromatic N) is 3. The Morgan fingerprint density at radius 3 is 2.85 bits per heavy atom. The van der Waals surface area contributed by atoms with Crippen LogP contribution in [0.5, 0.6) is 0 Å². The van der Waals surface area contributed by atoms with Gasteiger partial charge in [-0.3, -0.25) is 18.7 Å². The van der Waals surface area contributed by atoms with Crippen molar-refractivity contribution in [2.75, 3.05) is 24.7 Å². The van der Waals surface area contributed by atoms with Gasteiger partial charge in [0.2, 0.25) is 0 Å². The minimum Gasteiger partial charge on any atom is -0.394 e. The number of thioether (sulfide) groups is 1. The van der Waals surface area contributed by atoms with Gasteiger partial charge in [0.25, 0.3) is 11.5 Å². The largest absolute Gasteiger partial charge is 0.394 e. The average Bonchev–Trinajstić information content (AvgIpc) is 3.29. The number of aliphatic hydroxyl groups excluding tert-OH is 1. The number of nitrogens with one attached hydrogen (secondary N) is 1. The van der Waals surface area contributed by atoms with Crippen LogP contribution in [-0.2, 0) is 11.3 Å². The molecular formula is C22H25FN4O5S. The second-order valence-electron chi connectivity index (χ2n) is 7.61. The summed E-state index contributed by atoms with van der Waals surface area (Å²) in [4.78, 5) is 37.5. The first-order chi connectivity index (χ1) is 15.8. The fourth-order valence-corrected chi connectivity index (χ4v) is 4.30. The van der Waals surface area contributed by atoms with Gasteiger partial charge in [-0.15, -0.1) is 0 Å². The molecule has 0 saturated carbocycles. The van der Waals surface area contributed by atoms with E-state index in [1.165, 1.54) is 39.2 Å². The highest BCUT2D eigenvalue weighted by atomic mass is 32.2. The lowest BCUT2D eigenvalue weighted by Crippen LogP contribution is -2.42. The molecule has 2 N–H and O–H groups in total. The van der Waals surface area contributed by atoms with Gasteiger partial charge in [-0.05, 0) is 38.0 Å². The highest BCUT2D eigenvalue weighted by Gasteiger charge is 2.27. The Morgan fingerprint density at radius 2 is 2.15 bits per heavy atom. The molecular weight excluding hydrogens is 451 g/mol. The SMILES string of the molecule is Cc1cn([C@H]2CC[C@@H](CO)O2)c(=O)n(CCSCCNC(=O)c2ccc(F)c(C#N)c2)c1=O. The van der Waals surface area contributed by atoms with Crippen LogP contribution in [0.4, 0.5) is 4.39 Å². The van der Waals surface area contributed by atoms with Crippen LogP contribution in [-0.4, -0.2) is 50.9 Å². The van der Waals surface area contributed by atoms with Crippen LogP contribution in [0, 0.1) is 24.1 Å². The molecule has 2 aromatic rings. The average molecular weight is 477 g/mol. The zero-order valence-corrected chi connectivity index (χ0v) is 18.9. The minimum absolute atomic E-state index is 0.113. The molecule has 1 aliphatic rings. The number of carbonyl (C=O) groups excluding carboxylic acids is 1. The molecule has 1 aromatic heterocycles. The van der Waals surface area contributed by atoms with E-state index in [4.69, 9.17) is 10.00 Å². The van der Waals surface area contributed by atoms with Crippen LogP contribution in [0.3, 0.4) is 0 Å². The summed E-state index contributed by atoms with van der Waals surface area (Å²) >= 11 is 1.46. The van der Waals surface area contributed by atoms with Gasteiger partial charge in [-0.25, -0.2) is 9.18 Å². The summed E-state index contributed by atoms with van der Waals surface area (Å²) in [7, 11) is 0. The van der Waals surface area contributed by atoms with Gasteiger partial charge in [0.15, 0.2) is 0 Å². The van der Waals surface area contributed by atoms with E-state index in [0.29, 0.717) is 36.5 Å². The fourth-order valence-electron chi connectivity index (χ4n) is 3.54. The molecule has 1 aliphatic heterocycles. The number of aliphatic hydroxyl groups is 1. The van der Waals surface area contributed by atoms with E-state index in [0.717, 1.165) is 6.07 Å². The summed E-state index contributed by atoms with van der Waals surface area (Å²) in [6.45, 7) is 2.06. The van der Waals surface area contributed by atoms with Crippen molar-refractivity contribution >= 4 is 17.7 Å². The number of ether oxygens (including phenoxy) is 1. The molecule has 0 spiro atoms. The van der Waals surface area contributed by atoms with Crippen molar-refractivity contribution in [1.29, 1.82) is 5.26 Å². The van der Waals surface area contributed by atoms with E-state index < -0.39 is 23.6 Å². The zero-order valence-electron chi connectivity index (χ0n) is 18.1. The maximum atomic E-state index is 13.4. The normalized spacial score (nSPS) is 17.6. The number of hydrogen-bond acceptors (Lipinski definition) is 7. The minimum atomic E-state index is -0.678. The summed E-state index contributed by atoms with van der Waals surface area (Å²) in [5.74, 6) is -0.0733. The summed E-state index contributed by atoms with van der Waals surface area (Å²) in [6.07, 6.45) is 1.91. The standard InChI is InChI=1S/C22H25FN4O5S/c1-14-12-27(19-5-3-17(13-28)32-19)22(31)26(21(14)30)7-9-33-8-6-25-20(29)15-2-4-18(23)16(10-15)11-24/h2,4,10,12,17,19,28H,3,5-9,13H2,1H3,(H,25,29)/t17-,19+/m0/s1. The monoisotopic (exact) mass is 476 g/mol. The molecule has 1 amide bonds. The van der Waals surface area contributed by atoms with Gasteiger partial charge in [0, 0.05) is 41.9 Å². The Kier molecular flexibility index (Phi) is 8.43. The number of amides is 1. The third kappa shape index (κ3) is 5.90. The molecule has 176 valence electrons. The summed E-state index contributed by atoms with van der Waals surface area (Å²) < 4.78 is 21.6. The summed E-state index contributed by atoms with van der Waals surface area (Å²) in [5.41, 5.74) is -0.373. The number of rotatable bonds is 9. The Morgan fingerprint density at radius 1 is 1.36 bits per heavy atom. The van der Waals surface area contributed by atoms with Gasteiger partial charge < -0.3 is 15.2 Å². The maximum absolute atomic E-state index is 13.4. The predicted molar refractivity (Wildman–Crippen MR) is 121 cm³/mol. The second-order valence-corrected chi connectivity index (χ2v) is 8.83. The van der Waals surface area contributed by atoms with Gasteiger partial charge >= 0.3 is 5.69 Å². The van der Waals surface area contributed by atoms with Crippen LogP contribution in [0.25, 0.3) is 0 Å². The topological polar surface area (TPSA) is 126 Å². The van der Waals surface area contributed by atoms with E-state index in [9.17, 15) is 23.9 Å². The van der Waals surface area contributed by atoms with Crippen molar-refractivity contribution in [3.8, 4) is 6.07 Å². The number of aromatic nitrogens is 2. The first kappa shape index (κ1) is 24.7. The molecule has 0 bridgehead atoms. The van der Waals surface area contributed by atoms with Crippen LogP contribution >= 0.6 is 11.8 Å². The second kappa shape index (κ2) is 11.3. The highest BCUT2D eigenvalue weighted by Crippen LogP contribution is 2.26. The van der Waals surface area contributed by atoms with Crippen molar-refractivity contribution in [3.63, 3.8) is 0 Å². The van der Waals surface area contributed by atoms with Crippen LogP contribution in [0.1, 0.15) is 40.6 Å². The van der Waals surface area contributed by atoms with E-state index in [2.05, 4.69) is 5.32 Å². The molecule has 1 saturated heterocycles. The first-order valence-corrected chi connectivity index (χ1v) is 11.7. The number of hydrogen-bond donors (Lipinski definition) is 2. The first-order valence-electron chi connectivity index (χ1n) is 10.5. The Hall–Kier alpha value is -2.94. The Balaban J connectivity index is 1.52. The van der Waals surface area contributed by atoms with E-state index >= 15 is 0 Å². The Labute approximate surface area is 193 Å². The molecule has 2 heterocycles. The number of halogens is 1. The quantitative estimate of drug-likeness (QED) is 0.520. The molecule has 3 rings (SSSR count). The van der Waals surface area contributed by atoms with Crippen molar-refractivity contribution in [2.24, 2.45) is 0 Å². The molecule has 0 aliphatic carbocycles. The smallest absolute Gasteiger partial charge is 0.333 e. The lowest BCUT2D eigenvalue weighted by atomic mass is 10.1. The number of nitriles is 1. The van der Waals surface area contributed by atoms with Crippen molar-refractivity contribution in [2.45, 2.75) is 38.6 Å². The molecule has 11 heteroatoms. The molecule has 0 unspecified atom stereocenters. The van der Waals surface area contributed by atoms with Gasteiger partial charge in [0.05, 0.1) is 18.3 Å². The lowest BCUT2D eigenvalue weighted by molar-refractivity contribution is -0.0253. The number of benzene rings is 1. The molecule has 0 radical (unpaired) electrons. The molecule has 1 fully saturated rings. The van der Waals surface area contributed by atoms with Crippen molar-refractivity contribution in [1.82, 2.24) is 14.5 Å². The molecule has 1 aromatic carbocycles. The maximum Gasteiger partial charge on any atom is 0.333 e. The Bertz CT molecular complexity index is 1170. The van der Waals surface area contributed by atoms with Gasteiger partial charge in [-0.1, -0.05) is 0 Å². The molecule has 2 atom stereocenters. The van der Waals surface area contributed by atoms with Crippen LogP contribution in [0.15, 0.2) is 34.0 Å². The van der Waals surface area contributed by atoms with E-state index in [1.54, 1.807) is 13.0 Å². The molecule has 33 heavy (non-hydrogen) atoms. The van der Waals surface area contributed by atoms with Crippen molar-refractivity contribution < 1.29 is 19.0 Å². The lowest BCUT2D eigenvalue weighted by Gasteiger charge is -2.17. The fraction of sp³-hybridized carbons (Fsp3) is 0.455. The number of aryl methyl sites for hydroxylation is 1. The predicted octanol–water partition coefficient (Wildman–Crippen LogP) is 1.16. The van der Waals surface area contributed by atoms with Crippen LogP contribution in [0.2, 0.25) is 0 Å². The summed E-state index contributed by atoms with van der Waals surface area (Å²) in [5, 5.41) is 20.8. The summed E-state index contributed by atoms with van der Waals surface area (Å²) in [6, 6.07) is 5.28. The van der Waals surface area contributed by atoms with E-state index in [1.807, 2.05) is 0 Å². The zero-order chi connectivity index (χ0) is 24.0. The van der Waals surface area contributed by atoms with Crippen LogP contribution < -0.4 is 16.6 Å². The van der Waals surface area contributed by atoms with Gasteiger partial charge in [0.1, 0.15) is 18.1 Å². The molecule has 9 nitrogen and oxygen atoms in total. The third-order valence-electron chi connectivity index (χ3n) is 5.31.